The van der Waals surface area contributed by atoms with Gasteiger partial charge in [-0.05, 0) is 75.9 Å². The van der Waals surface area contributed by atoms with Gasteiger partial charge in [-0.2, -0.15) is 0 Å². The Balaban J connectivity index is 1.55. The van der Waals surface area contributed by atoms with Crippen LogP contribution >= 0.6 is 0 Å². The molecule has 0 aliphatic carbocycles. The zero-order valence-electron chi connectivity index (χ0n) is 16.9. The minimum atomic E-state index is -0.191. The Hall–Kier alpha value is -2.76. The minimum Gasteiger partial charge on any atom is -0.484 e. The van der Waals surface area contributed by atoms with Crippen LogP contribution in [0, 0.1) is 13.8 Å². The lowest BCUT2D eigenvalue weighted by Gasteiger charge is -2.35. The van der Waals surface area contributed by atoms with Crippen molar-refractivity contribution >= 4 is 11.8 Å². The molecule has 0 saturated carbocycles. The number of nitrogens with one attached hydrogen (secondary N) is 1. The van der Waals surface area contributed by atoms with E-state index in [0.717, 1.165) is 37.2 Å². The maximum absolute atomic E-state index is 12.5. The van der Waals surface area contributed by atoms with Gasteiger partial charge in [-0.15, -0.1) is 0 Å². The zero-order valence-corrected chi connectivity index (χ0v) is 16.9. The summed E-state index contributed by atoms with van der Waals surface area (Å²) in [4.78, 5) is 26.9. The molecule has 2 aromatic rings. The van der Waals surface area contributed by atoms with Crippen molar-refractivity contribution in [1.82, 2.24) is 9.58 Å². The number of benzene rings is 1. The summed E-state index contributed by atoms with van der Waals surface area (Å²) in [6, 6.07) is 11.1. The van der Waals surface area contributed by atoms with E-state index in [0.29, 0.717) is 17.4 Å². The Bertz CT molecular complexity index is 807. The fourth-order valence-corrected chi connectivity index (χ4v) is 3.69. The van der Waals surface area contributed by atoms with Crippen molar-refractivity contribution in [3.05, 3.63) is 53.3 Å². The van der Waals surface area contributed by atoms with Gasteiger partial charge in [0.1, 0.15) is 5.75 Å². The van der Waals surface area contributed by atoms with Gasteiger partial charge in [0.25, 0.3) is 11.8 Å². The van der Waals surface area contributed by atoms with Gasteiger partial charge in [0, 0.05) is 29.5 Å². The molecule has 1 aliphatic rings. The number of amides is 2. The van der Waals surface area contributed by atoms with Gasteiger partial charge in [0.2, 0.25) is 0 Å². The highest BCUT2D eigenvalue weighted by Crippen LogP contribution is 2.20. The van der Waals surface area contributed by atoms with Crippen LogP contribution in [0.25, 0.3) is 0 Å². The maximum atomic E-state index is 12.5. The van der Waals surface area contributed by atoms with Crippen LogP contribution in [-0.2, 0) is 4.79 Å². The normalized spacial score (nSPS) is 16.7. The van der Waals surface area contributed by atoms with Crippen molar-refractivity contribution in [1.29, 1.82) is 0 Å². The monoisotopic (exact) mass is 383 g/mol. The molecule has 2 amide bonds. The smallest absolute Gasteiger partial charge is 0.270 e. The molecule has 3 rings (SSSR count). The molecule has 0 bridgehead atoms. The van der Waals surface area contributed by atoms with Crippen molar-refractivity contribution in [3.63, 3.8) is 0 Å². The molecule has 1 atom stereocenters. The number of aromatic nitrogens is 1. The van der Waals surface area contributed by atoms with Crippen molar-refractivity contribution in [3.8, 4) is 5.75 Å². The molecule has 0 radical (unpaired) electrons. The van der Waals surface area contributed by atoms with Crippen LogP contribution in [0.2, 0.25) is 0 Å². The molecular weight excluding hydrogens is 354 g/mol. The lowest BCUT2D eigenvalue weighted by Crippen LogP contribution is -2.45. The number of rotatable bonds is 6. The number of nitrogens with zero attached hydrogens (tertiary/aromatic N) is 2. The Labute approximate surface area is 166 Å². The van der Waals surface area contributed by atoms with Crippen LogP contribution in [-0.4, -0.2) is 40.6 Å². The maximum Gasteiger partial charge on any atom is 0.270 e. The van der Waals surface area contributed by atoms with Crippen LogP contribution in [0.5, 0.6) is 5.75 Å². The molecule has 1 aliphatic heterocycles. The van der Waals surface area contributed by atoms with Crippen LogP contribution < -0.4 is 10.2 Å². The van der Waals surface area contributed by atoms with Crippen molar-refractivity contribution in [2.45, 2.75) is 52.5 Å². The van der Waals surface area contributed by atoms with E-state index in [-0.39, 0.29) is 18.4 Å². The summed E-state index contributed by atoms with van der Waals surface area (Å²) in [5.41, 5.74) is 5.34. The van der Waals surface area contributed by atoms with E-state index < -0.39 is 0 Å². The molecule has 1 N–H and O–H groups in total. The second-order valence-electron chi connectivity index (χ2n) is 7.35. The van der Waals surface area contributed by atoms with Crippen LogP contribution in [0.1, 0.15) is 54.4 Å². The lowest BCUT2D eigenvalue weighted by atomic mass is 10.00. The third-order valence-corrected chi connectivity index (χ3v) is 5.38. The molecule has 6 heteroatoms. The third-order valence-electron chi connectivity index (χ3n) is 5.38. The number of carbonyl (C=O) groups is 2. The van der Waals surface area contributed by atoms with Crippen molar-refractivity contribution in [2.24, 2.45) is 0 Å². The molecule has 2 heterocycles. The average Bonchev–Trinajstić information content (AvgIpc) is 3.04. The first-order valence-corrected chi connectivity index (χ1v) is 9.98. The second kappa shape index (κ2) is 8.95. The first kappa shape index (κ1) is 20.0. The predicted molar refractivity (Wildman–Crippen MR) is 109 cm³/mol. The number of hydrogen-bond donors (Lipinski definition) is 1. The fraction of sp³-hybridized carbons (Fsp3) is 0.455. The van der Waals surface area contributed by atoms with Gasteiger partial charge < -0.3 is 9.64 Å². The molecular formula is C22H29N3O3. The predicted octanol–water partition coefficient (Wildman–Crippen LogP) is 3.66. The molecule has 28 heavy (non-hydrogen) atoms. The average molecular weight is 383 g/mol. The Morgan fingerprint density at radius 2 is 1.75 bits per heavy atom. The standard InChI is InChI=1S/C22H29N3O3/c1-4-19-7-5-6-14-24(19)21(26)15-28-20-12-10-18(11-13-20)22(27)23-25-16(2)8-9-17(25)3/h8-13,19H,4-7,14-15H2,1-3H3,(H,23,27)/t19-/m0/s1. The molecule has 6 nitrogen and oxygen atoms in total. The topological polar surface area (TPSA) is 63.6 Å². The highest BCUT2D eigenvalue weighted by atomic mass is 16.5. The molecule has 1 saturated heterocycles. The van der Waals surface area contributed by atoms with Gasteiger partial charge in [-0.25, -0.2) is 0 Å². The van der Waals surface area contributed by atoms with E-state index in [1.165, 1.54) is 6.42 Å². The van der Waals surface area contributed by atoms with Crippen molar-refractivity contribution < 1.29 is 14.3 Å². The number of likely N-dealkylation sites (tertiary alicyclic amines) is 1. The number of aryl methyl sites for hydroxylation is 2. The van der Waals surface area contributed by atoms with E-state index >= 15 is 0 Å². The third kappa shape index (κ3) is 4.55. The number of carbonyl (C=O) groups excluding carboxylic acids is 2. The number of piperidine rings is 1. The molecule has 0 spiro atoms. The van der Waals surface area contributed by atoms with E-state index in [2.05, 4.69) is 12.3 Å². The Morgan fingerprint density at radius 1 is 1.07 bits per heavy atom. The van der Waals surface area contributed by atoms with Crippen LogP contribution in [0.4, 0.5) is 0 Å². The number of ether oxygens (including phenoxy) is 1. The Kier molecular flexibility index (Phi) is 6.39. The summed E-state index contributed by atoms with van der Waals surface area (Å²) < 4.78 is 7.42. The SMILES string of the molecule is CC[C@H]1CCCCN1C(=O)COc1ccc(C(=O)Nn2c(C)ccc2C)cc1. The van der Waals surface area contributed by atoms with Gasteiger partial charge in [-0.3, -0.25) is 19.7 Å². The van der Waals surface area contributed by atoms with E-state index in [9.17, 15) is 9.59 Å². The zero-order chi connectivity index (χ0) is 20.1. The van der Waals surface area contributed by atoms with Crippen molar-refractivity contribution in [2.75, 3.05) is 18.6 Å². The lowest BCUT2D eigenvalue weighted by molar-refractivity contribution is -0.137. The van der Waals surface area contributed by atoms with E-state index in [1.807, 2.05) is 30.9 Å². The van der Waals surface area contributed by atoms with Gasteiger partial charge in [-0.1, -0.05) is 6.92 Å². The second-order valence-corrected chi connectivity index (χ2v) is 7.35. The molecule has 1 aromatic heterocycles. The number of hydrogen-bond acceptors (Lipinski definition) is 3. The van der Waals surface area contributed by atoms with Gasteiger partial charge >= 0.3 is 0 Å². The Morgan fingerprint density at radius 3 is 2.39 bits per heavy atom. The summed E-state index contributed by atoms with van der Waals surface area (Å²) in [7, 11) is 0. The quantitative estimate of drug-likeness (QED) is 0.828. The minimum absolute atomic E-state index is 0.0315. The summed E-state index contributed by atoms with van der Waals surface area (Å²) >= 11 is 0. The molecule has 1 fully saturated rings. The fourth-order valence-electron chi connectivity index (χ4n) is 3.69. The summed E-state index contributed by atoms with van der Waals surface area (Å²) in [5, 5.41) is 0. The summed E-state index contributed by atoms with van der Waals surface area (Å²) in [6.07, 6.45) is 4.31. The highest BCUT2D eigenvalue weighted by molar-refractivity contribution is 6.00. The molecule has 150 valence electrons. The highest BCUT2D eigenvalue weighted by Gasteiger charge is 2.25. The summed E-state index contributed by atoms with van der Waals surface area (Å²) in [6.45, 7) is 6.85. The van der Waals surface area contributed by atoms with Crippen LogP contribution in [0.15, 0.2) is 36.4 Å². The molecule has 1 aromatic carbocycles. The largest absolute Gasteiger partial charge is 0.484 e. The van der Waals surface area contributed by atoms with E-state index in [1.54, 1.807) is 28.9 Å². The first-order chi connectivity index (χ1) is 13.5. The first-order valence-electron chi connectivity index (χ1n) is 9.98. The summed E-state index contributed by atoms with van der Waals surface area (Å²) in [5.74, 6) is 0.430. The van der Waals surface area contributed by atoms with E-state index in [4.69, 9.17) is 4.74 Å². The molecule has 0 unspecified atom stereocenters. The van der Waals surface area contributed by atoms with Crippen LogP contribution in [0.3, 0.4) is 0 Å². The van der Waals surface area contributed by atoms with Gasteiger partial charge in [0.15, 0.2) is 6.61 Å². The van der Waals surface area contributed by atoms with Gasteiger partial charge in [0.05, 0.1) is 0 Å².